The maximum absolute atomic E-state index is 11.7. The molecule has 0 rings (SSSR count). The topological polar surface area (TPSA) is 113 Å². The van der Waals surface area contributed by atoms with Crippen molar-refractivity contribution in [1.29, 1.82) is 0 Å². The number of phosphoric acid groups is 2. The van der Waals surface area contributed by atoms with Crippen molar-refractivity contribution in [2.45, 2.75) is 59.0 Å². The van der Waals surface area contributed by atoms with Gasteiger partial charge in [0.05, 0.1) is 5.60 Å². The monoisotopic (exact) mass is 318 g/mol. The van der Waals surface area contributed by atoms with Gasteiger partial charge in [0.25, 0.3) is 0 Å². The molecule has 0 bridgehead atoms. The van der Waals surface area contributed by atoms with Gasteiger partial charge in [-0.05, 0) is 18.8 Å². The van der Waals surface area contributed by atoms with E-state index >= 15 is 0 Å². The van der Waals surface area contributed by atoms with E-state index in [0.717, 1.165) is 12.8 Å². The maximum atomic E-state index is 11.7. The van der Waals surface area contributed by atoms with Crippen LogP contribution in [0.25, 0.3) is 0 Å². The van der Waals surface area contributed by atoms with Crippen molar-refractivity contribution >= 4 is 15.6 Å². The summed E-state index contributed by atoms with van der Waals surface area (Å²) in [6.45, 7) is 7.48. The van der Waals surface area contributed by atoms with E-state index in [9.17, 15) is 14.0 Å². The number of rotatable bonds is 9. The van der Waals surface area contributed by atoms with Crippen LogP contribution in [0.1, 0.15) is 53.4 Å². The molecule has 0 fully saturated rings. The molecule has 0 saturated heterocycles. The van der Waals surface area contributed by atoms with Gasteiger partial charge in [-0.15, -0.1) is 0 Å². The summed E-state index contributed by atoms with van der Waals surface area (Å²) < 4.78 is 31.4. The quantitative estimate of drug-likeness (QED) is 0.559. The van der Waals surface area contributed by atoms with Crippen LogP contribution >= 0.6 is 15.6 Å². The van der Waals surface area contributed by atoms with Gasteiger partial charge in [-0.2, -0.15) is 4.31 Å². The largest absolute Gasteiger partial charge is 0.481 e. The summed E-state index contributed by atoms with van der Waals surface area (Å²) in [5.74, 6) is 0.00310. The van der Waals surface area contributed by atoms with Crippen molar-refractivity contribution in [3.63, 3.8) is 0 Å². The summed E-state index contributed by atoms with van der Waals surface area (Å²) in [5, 5.41) is 0. The Balaban J connectivity index is 5.23. The predicted molar refractivity (Wildman–Crippen MR) is 71.4 cm³/mol. The van der Waals surface area contributed by atoms with Crippen LogP contribution < -0.4 is 0 Å². The number of hydrogen-bond donors (Lipinski definition) is 3. The summed E-state index contributed by atoms with van der Waals surface area (Å²) in [6, 6.07) is 0. The first kappa shape index (κ1) is 19.3. The Hall–Kier alpha value is 0.260. The van der Waals surface area contributed by atoms with Crippen molar-refractivity contribution < 1.29 is 32.6 Å². The first-order valence-electron chi connectivity index (χ1n) is 6.36. The van der Waals surface area contributed by atoms with Crippen molar-refractivity contribution in [1.82, 2.24) is 0 Å². The van der Waals surface area contributed by atoms with E-state index in [1.54, 1.807) is 13.8 Å². The van der Waals surface area contributed by atoms with Gasteiger partial charge >= 0.3 is 15.6 Å². The zero-order chi connectivity index (χ0) is 15.3. The van der Waals surface area contributed by atoms with E-state index in [-0.39, 0.29) is 5.92 Å². The van der Waals surface area contributed by atoms with Crippen LogP contribution in [0.2, 0.25) is 0 Å². The van der Waals surface area contributed by atoms with E-state index in [1.807, 2.05) is 13.8 Å². The smallest absolute Gasteiger partial charge is 0.302 e. The summed E-state index contributed by atoms with van der Waals surface area (Å²) in [6.07, 6.45) is 2.36. The highest BCUT2D eigenvalue weighted by atomic mass is 31.3. The SMILES string of the molecule is CCC(CC)C(CC)(CC)OP(=O)(O)OP(=O)(O)O. The van der Waals surface area contributed by atoms with Gasteiger partial charge in [-0.25, -0.2) is 9.13 Å². The molecule has 1 atom stereocenters. The molecule has 9 heteroatoms. The van der Waals surface area contributed by atoms with Crippen LogP contribution in [-0.2, 0) is 18.0 Å². The Labute approximate surface area is 114 Å². The normalized spacial score (nSPS) is 16.6. The summed E-state index contributed by atoms with van der Waals surface area (Å²) in [4.78, 5) is 26.8. The second-order valence-corrected chi connectivity index (χ2v) is 7.17. The fraction of sp³-hybridized carbons (Fsp3) is 1.00. The minimum absolute atomic E-state index is 0.00310. The lowest BCUT2D eigenvalue weighted by atomic mass is 9.80. The van der Waals surface area contributed by atoms with Crippen LogP contribution in [0.4, 0.5) is 0 Å². The first-order valence-corrected chi connectivity index (χ1v) is 9.38. The van der Waals surface area contributed by atoms with Crippen molar-refractivity contribution in [2.24, 2.45) is 5.92 Å². The highest BCUT2D eigenvalue weighted by Gasteiger charge is 2.44. The van der Waals surface area contributed by atoms with Gasteiger partial charge in [0.1, 0.15) is 0 Å². The van der Waals surface area contributed by atoms with Crippen LogP contribution in [-0.4, -0.2) is 20.3 Å². The zero-order valence-corrected chi connectivity index (χ0v) is 13.6. The summed E-state index contributed by atoms with van der Waals surface area (Å²) in [5.41, 5.74) is -0.928. The highest BCUT2D eigenvalue weighted by molar-refractivity contribution is 7.60. The van der Waals surface area contributed by atoms with Crippen molar-refractivity contribution in [3.05, 3.63) is 0 Å². The first-order chi connectivity index (χ1) is 8.55. The third-order valence-corrected chi connectivity index (χ3v) is 5.70. The fourth-order valence-corrected chi connectivity index (χ4v) is 4.52. The molecule has 0 heterocycles. The van der Waals surface area contributed by atoms with E-state index in [4.69, 9.17) is 14.3 Å². The highest BCUT2D eigenvalue weighted by Crippen LogP contribution is 2.61. The van der Waals surface area contributed by atoms with E-state index in [2.05, 4.69) is 4.31 Å². The van der Waals surface area contributed by atoms with Crippen LogP contribution in [0, 0.1) is 5.92 Å². The van der Waals surface area contributed by atoms with E-state index < -0.39 is 21.2 Å². The summed E-state index contributed by atoms with van der Waals surface area (Å²) in [7, 11) is -9.89. The molecule has 0 saturated carbocycles. The molecule has 0 aliphatic heterocycles. The Bertz CT molecular complexity index is 357. The molecule has 7 nitrogen and oxygen atoms in total. The van der Waals surface area contributed by atoms with Crippen LogP contribution in [0.5, 0.6) is 0 Å². The standard InChI is InChI=1S/C10H24O7P2/c1-5-9(6-2)10(7-3,8-4)16-19(14,15)17-18(11,12)13/h9H,5-8H2,1-4H3,(H,14,15)(H2,11,12,13). The molecule has 0 spiro atoms. The minimum atomic E-state index is -5.08. The zero-order valence-electron chi connectivity index (χ0n) is 11.8. The Kier molecular flexibility index (Phi) is 7.42. The van der Waals surface area contributed by atoms with E-state index in [0.29, 0.717) is 12.8 Å². The average molecular weight is 318 g/mol. The lowest BCUT2D eigenvalue weighted by Gasteiger charge is -2.39. The second kappa shape index (κ2) is 7.32. The van der Waals surface area contributed by atoms with Gasteiger partial charge in [0.2, 0.25) is 0 Å². The third-order valence-electron chi connectivity index (χ3n) is 3.43. The molecule has 0 aliphatic rings. The molecule has 0 aliphatic carbocycles. The molecular weight excluding hydrogens is 294 g/mol. The molecule has 0 radical (unpaired) electrons. The molecule has 0 aromatic rings. The second-order valence-electron chi connectivity index (χ2n) is 4.42. The predicted octanol–water partition coefficient (Wildman–Crippen LogP) is 3.21. The third kappa shape index (κ3) is 6.05. The fourth-order valence-electron chi connectivity index (χ4n) is 2.44. The van der Waals surface area contributed by atoms with Gasteiger partial charge in [-0.3, -0.25) is 4.52 Å². The van der Waals surface area contributed by atoms with Crippen molar-refractivity contribution in [3.8, 4) is 0 Å². The van der Waals surface area contributed by atoms with Crippen LogP contribution in [0.15, 0.2) is 0 Å². The molecule has 116 valence electrons. The average Bonchev–Trinajstić information content (AvgIpc) is 2.25. The Morgan fingerprint density at radius 3 is 1.68 bits per heavy atom. The van der Waals surface area contributed by atoms with Gasteiger partial charge < -0.3 is 14.7 Å². The van der Waals surface area contributed by atoms with Crippen LogP contribution in [0.3, 0.4) is 0 Å². The van der Waals surface area contributed by atoms with Gasteiger partial charge in [0.15, 0.2) is 0 Å². The summed E-state index contributed by atoms with van der Waals surface area (Å²) >= 11 is 0. The molecule has 0 aromatic heterocycles. The Morgan fingerprint density at radius 2 is 1.42 bits per heavy atom. The minimum Gasteiger partial charge on any atom is -0.302 e. The lowest BCUT2D eigenvalue weighted by molar-refractivity contribution is -0.0260. The Morgan fingerprint density at radius 1 is 1.00 bits per heavy atom. The molecule has 19 heavy (non-hydrogen) atoms. The molecule has 3 N–H and O–H groups in total. The number of phosphoric ester groups is 1. The van der Waals surface area contributed by atoms with Gasteiger partial charge in [0, 0.05) is 0 Å². The maximum Gasteiger partial charge on any atom is 0.481 e. The van der Waals surface area contributed by atoms with Crippen molar-refractivity contribution in [2.75, 3.05) is 0 Å². The molecule has 1 unspecified atom stereocenters. The molecule has 0 amide bonds. The molecule has 0 aromatic carbocycles. The number of hydrogen-bond acceptors (Lipinski definition) is 4. The van der Waals surface area contributed by atoms with E-state index in [1.165, 1.54) is 0 Å². The lowest BCUT2D eigenvalue weighted by Crippen LogP contribution is -2.38. The van der Waals surface area contributed by atoms with Gasteiger partial charge in [-0.1, -0.05) is 40.5 Å². The molecular formula is C10H24O7P2.